The third-order valence-electron chi connectivity index (χ3n) is 6.91. The van der Waals surface area contributed by atoms with E-state index >= 15 is 0 Å². The van der Waals surface area contributed by atoms with Crippen LogP contribution in [-0.4, -0.2) is 61.7 Å². The largest absolute Gasteiger partial charge is 0.501 e. The summed E-state index contributed by atoms with van der Waals surface area (Å²) in [6.45, 7) is 3.66. The quantitative estimate of drug-likeness (QED) is 0.427. The summed E-state index contributed by atoms with van der Waals surface area (Å²) in [6.07, 6.45) is 1.23. The Hall–Kier alpha value is -3.01. The maximum absolute atomic E-state index is 13.5. The second-order valence-electron chi connectivity index (χ2n) is 9.33. The van der Waals surface area contributed by atoms with Crippen LogP contribution in [0.2, 0.25) is 10.0 Å². The van der Waals surface area contributed by atoms with Gasteiger partial charge < -0.3 is 19.5 Å². The standard InChI is InChI=1S/C27H26Cl2N4O4S/c1-16-7-9-17(10-8-16)38-15-14-31-12-13-33-22(27(31)37)23(34)25(35)30-24(33)20-6-3-11-32(20)26(36)21-18(28)4-2-5-19(21)29/h2,4-5,7-10,20,34H,3,6,11-15H2,1H3. The zero-order valence-corrected chi connectivity index (χ0v) is 23.0. The Morgan fingerprint density at radius 1 is 1.08 bits per heavy atom. The zero-order chi connectivity index (χ0) is 27.0. The number of carbonyl (C=O) groups is 2. The highest BCUT2D eigenvalue weighted by Crippen LogP contribution is 2.36. The molecular weight excluding hydrogens is 547 g/mol. The lowest BCUT2D eigenvalue weighted by molar-refractivity contribution is 0.0690. The number of amides is 2. The van der Waals surface area contributed by atoms with E-state index in [0.29, 0.717) is 50.6 Å². The lowest BCUT2D eigenvalue weighted by atomic mass is 10.1. The van der Waals surface area contributed by atoms with Gasteiger partial charge >= 0.3 is 5.56 Å². The smallest absolute Gasteiger partial charge is 0.315 e. The average molecular weight is 574 g/mol. The monoisotopic (exact) mass is 572 g/mol. The first kappa shape index (κ1) is 26.6. The molecule has 38 heavy (non-hydrogen) atoms. The number of fused-ring (bicyclic) bond motifs is 1. The van der Waals surface area contributed by atoms with Gasteiger partial charge in [0, 0.05) is 36.8 Å². The number of hydrogen-bond donors (Lipinski definition) is 1. The Morgan fingerprint density at radius 2 is 1.79 bits per heavy atom. The van der Waals surface area contributed by atoms with Gasteiger partial charge in [0.2, 0.25) is 5.75 Å². The fourth-order valence-electron chi connectivity index (χ4n) is 4.98. The van der Waals surface area contributed by atoms with Gasteiger partial charge in [0.05, 0.1) is 21.7 Å². The van der Waals surface area contributed by atoms with Gasteiger partial charge in [0.15, 0.2) is 5.69 Å². The van der Waals surface area contributed by atoms with Crippen LogP contribution in [0.4, 0.5) is 0 Å². The van der Waals surface area contributed by atoms with Crippen LogP contribution < -0.4 is 5.56 Å². The molecule has 1 aromatic heterocycles. The molecule has 1 unspecified atom stereocenters. The Balaban J connectivity index is 1.40. The topological polar surface area (TPSA) is 95.7 Å². The van der Waals surface area contributed by atoms with E-state index in [9.17, 15) is 19.5 Å². The highest BCUT2D eigenvalue weighted by Gasteiger charge is 2.38. The number of aryl methyl sites for hydroxylation is 1. The maximum atomic E-state index is 13.5. The van der Waals surface area contributed by atoms with E-state index in [-0.39, 0.29) is 27.2 Å². The first-order valence-corrected chi connectivity index (χ1v) is 14.1. The number of nitrogens with zero attached hydrogens (tertiary/aromatic N) is 4. The molecule has 2 aliphatic heterocycles. The fraction of sp³-hybridized carbons (Fsp3) is 0.333. The second kappa shape index (κ2) is 11.0. The van der Waals surface area contributed by atoms with E-state index in [2.05, 4.69) is 4.98 Å². The number of hydrogen-bond acceptors (Lipinski definition) is 6. The van der Waals surface area contributed by atoms with Crippen molar-refractivity contribution >= 4 is 46.8 Å². The molecule has 0 saturated carbocycles. The van der Waals surface area contributed by atoms with Gasteiger partial charge in [-0.05, 0) is 44.0 Å². The first-order chi connectivity index (χ1) is 18.3. The minimum Gasteiger partial charge on any atom is -0.501 e. The van der Waals surface area contributed by atoms with Crippen LogP contribution in [0.5, 0.6) is 5.75 Å². The number of rotatable bonds is 6. The molecule has 5 rings (SSSR count). The van der Waals surface area contributed by atoms with Crippen molar-refractivity contribution < 1.29 is 14.7 Å². The molecule has 11 heteroatoms. The molecule has 198 valence electrons. The maximum Gasteiger partial charge on any atom is 0.315 e. The lowest BCUT2D eigenvalue weighted by Gasteiger charge is -2.34. The number of benzene rings is 2. The molecule has 0 radical (unpaired) electrons. The van der Waals surface area contributed by atoms with Crippen LogP contribution in [0.15, 0.2) is 52.2 Å². The van der Waals surface area contributed by atoms with Crippen LogP contribution in [0, 0.1) is 6.92 Å². The van der Waals surface area contributed by atoms with E-state index in [4.69, 9.17) is 23.2 Å². The van der Waals surface area contributed by atoms with Gasteiger partial charge in [0.25, 0.3) is 11.8 Å². The van der Waals surface area contributed by atoms with E-state index in [1.165, 1.54) is 5.56 Å². The van der Waals surface area contributed by atoms with Crippen LogP contribution in [0.3, 0.4) is 0 Å². The minimum atomic E-state index is -0.884. The van der Waals surface area contributed by atoms with Gasteiger partial charge in [-0.3, -0.25) is 14.4 Å². The molecule has 1 atom stereocenters. The molecule has 0 aliphatic carbocycles. The molecule has 0 bridgehead atoms. The summed E-state index contributed by atoms with van der Waals surface area (Å²) in [5, 5.41) is 11.1. The summed E-state index contributed by atoms with van der Waals surface area (Å²) >= 11 is 14.2. The highest BCUT2D eigenvalue weighted by atomic mass is 35.5. The third-order valence-corrected chi connectivity index (χ3v) is 8.53. The van der Waals surface area contributed by atoms with Gasteiger partial charge in [-0.25, -0.2) is 0 Å². The van der Waals surface area contributed by atoms with E-state index in [1.54, 1.807) is 44.3 Å². The van der Waals surface area contributed by atoms with Crippen LogP contribution in [-0.2, 0) is 6.54 Å². The Labute approximate surface area is 234 Å². The Kier molecular flexibility index (Phi) is 7.70. The van der Waals surface area contributed by atoms with Crippen molar-refractivity contribution in [2.24, 2.45) is 0 Å². The van der Waals surface area contributed by atoms with E-state index < -0.39 is 23.3 Å². The van der Waals surface area contributed by atoms with Crippen molar-refractivity contribution in [3.63, 3.8) is 0 Å². The van der Waals surface area contributed by atoms with Gasteiger partial charge in [-0.1, -0.05) is 47.0 Å². The van der Waals surface area contributed by atoms with Crippen molar-refractivity contribution in [3.8, 4) is 5.75 Å². The third kappa shape index (κ3) is 5.02. The number of aromatic hydroxyl groups is 1. The summed E-state index contributed by atoms with van der Waals surface area (Å²) in [6, 6.07) is 12.5. The predicted molar refractivity (Wildman–Crippen MR) is 147 cm³/mol. The van der Waals surface area contributed by atoms with E-state index in [1.807, 2.05) is 31.2 Å². The van der Waals surface area contributed by atoms with Crippen molar-refractivity contribution in [1.82, 2.24) is 19.4 Å². The normalized spacial score (nSPS) is 17.1. The van der Waals surface area contributed by atoms with Crippen molar-refractivity contribution in [2.45, 2.75) is 37.2 Å². The molecule has 2 amide bonds. The van der Waals surface area contributed by atoms with Crippen molar-refractivity contribution in [1.29, 1.82) is 0 Å². The predicted octanol–water partition coefficient (Wildman–Crippen LogP) is 4.79. The number of halogens is 2. The number of likely N-dealkylation sites (tertiary alicyclic amines) is 1. The molecule has 8 nitrogen and oxygen atoms in total. The van der Waals surface area contributed by atoms with Gasteiger partial charge in [-0.15, -0.1) is 11.8 Å². The summed E-state index contributed by atoms with van der Waals surface area (Å²) < 4.78 is 1.59. The summed E-state index contributed by atoms with van der Waals surface area (Å²) in [4.78, 5) is 48.1. The van der Waals surface area contributed by atoms with Crippen LogP contribution in [0.1, 0.15) is 51.1 Å². The Morgan fingerprint density at radius 3 is 2.50 bits per heavy atom. The van der Waals surface area contributed by atoms with Crippen LogP contribution >= 0.6 is 35.0 Å². The van der Waals surface area contributed by atoms with Crippen molar-refractivity contribution in [3.05, 3.63) is 85.5 Å². The lowest BCUT2D eigenvalue weighted by Crippen LogP contribution is -2.45. The molecule has 3 heterocycles. The number of thioether (sulfide) groups is 1. The minimum absolute atomic E-state index is 0.0818. The summed E-state index contributed by atoms with van der Waals surface area (Å²) in [7, 11) is 0. The van der Waals surface area contributed by atoms with Crippen molar-refractivity contribution in [2.75, 3.05) is 25.4 Å². The molecule has 2 aliphatic rings. The molecule has 0 spiro atoms. The summed E-state index contributed by atoms with van der Waals surface area (Å²) in [5.41, 5.74) is 0.406. The average Bonchev–Trinajstić information content (AvgIpc) is 3.38. The van der Waals surface area contributed by atoms with Gasteiger partial charge in [0.1, 0.15) is 5.82 Å². The molecule has 2 aromatic carbocycles. The molecular formula is C27H26Cl2N4O4S. The highest BCUT2D eigenvalue weighted by molar-refractivity contribution is 7.99. The second-order valence-corrected chi connectivity index (χ2v) is 11.3. The molecule has 3 aromatic rings. The fourth-order valence-corrected chi connectivity index (χ4v) is 6.41. The molecule has 1 N–H and O–H groups in total. The zero-order valence-electron chi connectivity index (χ0n) is 20.7. The van der Waals surface area contributed by atoms with Crippen LogP contribution in [0.25, 0.3) is 0 Å². The molecule has 1 fully saturated rings. The number of aromatic nitrogens is 2. The molecule has 1 saturated heterocycles. The van der Waals surface area contributed by atoms with Gasteiger partial charge in [-0.2, -0.15) is 4.98 Å². The number of carbonyl (C=O) groups excluding carboxylic acids is 2. The summed E-state index contributed by atoms with van der Waals surface area (Å²) in [5.74, 6) is -0.500. The SMILES string of the molecule is Cc1ccc(SCCN2CCn3c(C4CCCN4C(=O)c4c(Cl)cccc4Cl)nc(=O)c(O)c3C2=O)cc1. The Bertz CT molecular complexity index is 1440. The first-order valence-electron chi connectivity index (χ1n) is 12.3. The van der Waals surface area contributed by atoms with E-state index in [0.717, 1.165) is 4.90 Å².